The summed E-state index contributed by atoms with van der Waals surface area (Å²) >= 11 is 5.81. The van der Waals surface area contributed by atoms with Crippen LogP contribution in [0.2, 0.25) is 0 Å². The maximum atomic E-state index is 2.28. The van der Waals surface area contributed by atoms with Gasteiger partial charge in [-0.3, -0.25) is 0 Å². The molecule has 0 aromatic carbocycles. The minimum absolute atomic E-state index is 1.41. The minimum atomic E-state index is 1.41. The first-order valence-electron chi connectivity index (χ1n) is 7.54. The van der Waals surface area contributed by atoms with Gasteiger partial charge in [0.25, 0.3) is 0 Å². The summed E-state index contributed by atoms with van der Waals surface area (Å²) < 4.78 is 0. The van der Waals surface area contributed by atoms with Gasteiger partial charge >= 0.3 is 0 Å². The number of rotatable bonds is 2. The Labute approximate surface area is 145 Å². The van der Waals surface area contributed by atoms with E-state index in [0.717, 1.165) is 0 Å². The van der Waals surface area contributed by atoms with Crippen LogP contribution in [0.15, 0.2) is 5.38 Å². The number of thiophene rings is 3. The Morgan fingerprint density at radius 1 is 0.545 bits per heavy atom. The lowest BCUT2D eigenvalue weighted by atomic mass is 10.1. The zero-order valence-corrected chi connectivity index (χ0v) is 16.8. The molecule has 22 heavy (non-hydrogen) atoms. The van der Waals surface area contributed by atoms with Crippen LogP contribution in [0, 0.1) is 48.5 Å². The predicted octanol–water partition coefficient (Wildman–Crippen LogP) is 7.36. The second kappa shape index (κ2) is 5.63. The van der Waals surface area contributed by atoms with Crippen LogP contribution in [0.25, 0.3) is 19.5 Å². The van der Waals surface area contributed by atoms with Gasteiger partial charge in [0.15, 0.2) is 0 Å². The summed E-state index contributed by atoms with van der Waals surface area (Å²) in [6, 6.07) is 0. The van der Waals surface area contributed by atoms with E-state index in [1.807, 2.05) is 34.0 Å². The van der Waals surface area contributed by atoms with Crippen molar-refractivity contribution in [3.05, 3.63) is 43.6 Å². The normalized spacial score (nSPS) is 11.4. The van der Waals surface area contributed by atoms with Gasteiger partial charge in [-0.25, -0.2) is 0 Å². The molecular formula is C19H22S3. The first-order chi connectivity index (χ1) is 10.3. The van der Waals surface area contributed by atoms with Crippen molar-refractivity contribution in [1.29, 1.82) is 0 Å². The Balaban J connectivity index is 2.22. The van der Waals surface area contributed by atoms with Crippen LogP contribution in [-0.4, -0.2) is 0 Å². The molecule has 0 spiro atoms. The van der Waals surface area contributed by atoms with Crippen LogP contribution >= 0.6 is 34.0 Å². The molecule has 116 valence electrons. The van der Waals surface area contributed by atoms with Gasteiger partial charge in [0, 0.05) is 24.4 Å². The highest BCUT2D eigenvalue weighted by Gasteiger charge is 2.20. The minimum Gasteiger partial charge on any atom is -0.142 e. The van der Waals surface area contributed by atoms with Crippen LogP contribution in [0.5, 0.6) is 0 Å². The average Bonchev–Trinajstić information content (AvgIpc) is 3.05. The fourth-order valence-electron chi connectivity index (χ4n) is 2.71. The SMILES string of the molecule is Cc1csc(-c2sc(-c3sc(C)c(C)c3C)c(C)c2C)c1C. The van der Waals surface area contributed by atoms with Crippen LogP contribution in [0.1, 0.15) is 38.3 Å². The standard InChI is InChI=1S/C19H22S3/c1-9-8-20-16(10(9)2)17-13(5)14(6)19(22-17)18-12(4)11(3)15(7)21-18/h8H,1-7H3. The number of aryl methyl sites for hydroxylation is 2. The summed E-state index contributed by atoms with van der Waals surface area (Å²) in [5, 5.41) is 2.28. The highest BCUT2D eigenvalue weighted by Crippen LogP contribution is 2.48. The van der Waals surface area contributed by atoms with E-state index in [-0.39, 0.29) is 0 Å². The van der Waals surface area contributed by atoms with Gasteiger partial charge in [0.2, 0.25) is 0 Å². The largest absolute Gasteiger partial charge is 0.142 e. The summed E-state index contributed by atoms with van der Waals surface area (Å²) in [6.07, 6.45) is 0. The predicted molar refractivity (Wildman–Crippen MR) is 104 cm³/mol. The van der Waals surface area contributed by atoms with Crippen molar-refractivity contribution in [1.82, 2.24) is 0 Å². The number of hydrogen-bond donors (Lipinski definition) is 0. The Bertz CT molecular complexity index is 856. The lowest BCUT2D eigenvalue weighted by Gasteiger charge is -1.99. The Morgan fingerprint density at radius 2 is 1.05 bits per heavy atom. The van der Waals surface area contributed by atoms with Crippen LogP contribution in [-0.2, 0) is 0 Å². The third-order valence-electron chi connectivity index (χ3n) is 4.83. The van der Waals surface area contributed by atoms with Gasteiger partial charge < -0.3 is 0 Å². The smallest absolute Gasteiger partial charge is 0.0484 e. The monoisotopic (exact) mass is 346 g/mol. The van der Waals surface area contributed by atoms with Gasteiger partial charge in [0.05, 0.1) is 0 Å². The Kier molecular flexibility index (Phi) is 4.09. The molecule has 3 rings (SSSR count). The molecule has 0 N–H and O–H groups in total. The maximum absolute atomic E-state index is 2.28. The molecule has 0 saturated carbocycles. The molecule has 0 radical (unpaired) electrons. The maximum Gasteiger partial charge on any atom is 0.0484 e. The molecule has 0 fully saturated rings. The zero-order valence-electron chi connectivity index (χ0n) is 14.3. The quantitative estimate of drug-likeness (QED) is 0.454. The fourth-order valence-corrected chi connectivity index (χ4v) is 6.77. The van der Waals surface area contributed by atoms with Gasteiger partial charge in [-0.15, -0.1) is 34.0 Å². The molecule has 0 saturated heterocycles. The molecule has 0 bridgehead atoms. The van der Waals surface area contributed by atoms with Crippen molar-refractivity contribution in [2.24, 2.45) is 0 Å². The highest BCUT2D eigenvalue weighted by atomic mass is 32.1. The molecule has 0 unspecified atom stereocenters. The van der Waals surface area contributed by atoms with Crippen molar-refractivity contribution >= 4 is 34.0 Å². The second-order valence-corrected chi connectivity index (χ2v) is 9.25. The van der Waals surface area contributed by atoms with E-state index < -0.39 is 0 Å². The third-order valence-corrected chi connectivity index (χ3v) is 9.06. The third kappa shape index (κ3) is 2.31. The molecule has 0 amide bonds. The van der Waals surface area contributed by atoms with Gasteiger partial charge in [-0.1, -0.05) is 0 Å². The van der Waals surface area contributed by atoms with Gasteiger partial charge in [-0.05, 0) is 87.2 Å². The summed E-state index contributed by atoms with van der Waals surface area (Å²) in [5.41, 5.74) is 8.66. The van der Waals surface area contributed by atoms with E-state index in [4.69, 9.17) is 0 Å². The van der Waals surface area contributed by atoms with Crippen molar-refractivity contribution in [2.75, 3.05) is 0 Å². The first-order valence-corrected chi connectivity index (χ1v) is 10.1. The molecule has 3 heterocycles. The summed E-state index contributed by atoms with van der Waals surface area (Å²) in [5.74, 6) is 0. The lowest BCUT2D eigenvalue weighted by molar-refractivity contribution is 1.34. The van der Waals surface area contributed by atoms with Crippen molar-refractivity contribution < 1.29 is 0 Å². The van der Waals surface area contributed by atoms with Crippen molar-refractivity contribution in [2.45, 2.75) is 48.5 Å². The van der Waals surface area contributed by atoms with E-state index in [0.29, 0.717) is 0 Å². The molecule has 0 atom stereocenters. The van der Waals surface area contributed by atoms with Gasteiger partial charge in [-0.2, -0.15) is 0 Å². The molecule has 0 aliphatic heterocycles. The van der Waals surface area contributed by atoms with Crippen LogP contribution in [0.3, 0.4) is 0 Å². The summed E-state index contributed by atoms with van der Waals surface area (Å²) in [7, 11) is 0. The topological polar surface area (TPSA) is 0 Å². The Hall–Kier alpha value is -0.900. The first kappa shape index (κ1) is 16.0. The average molecular weight is 347 g/mol. The summed E-state index contributed by atoms with van der Waals surface area (Å²) in [6.45, 7) is 15.8. The highest BCUT2D eigenvalue weighted by molar-refractivity contribution is 7.26. The van der Waals surface area contributed by atoms with Crippen LogP contribution < -0.4 is 0 Å². The second-order valence-electron chi connectivity index (χ2n) is 6.12. The zero-order chi connectivity index (χ0) is 16.2. The van der Waals surface area contributed by atoms with E-state index in [1.54, 1.807) is 0 Å². The van der Waals surface area contributed by atoms with Crippen LogP contribution in [0.4, 0.5) is 0 Å². The van der Waals surface area contributed by atoms with Crippen molar-refractivity contribution in [3.63, 3.8) is 0 Å². The van der Waals surface area contributed by atoms with E-state index in [2.05, 4.69) is 53.8 Å². The molecule has 0 nitrogen and oxygen atoms in total. The molecule has 0 aliphatic rings. The van der Waals surface area contributed by atoms with E-state index >= 15 is 0 Å². The van der Waals surface area contributed by atoms with E-state index in [1.165, 1.54) is 57.8 Å². The van der Waals surface area contributed by atoms with E-state index in [9.17, 15) is 0 Å². The van der Waals surface area contributed by atoms with Crippen molar-refractivity contribution in [3.8, 4) is 19.5 Å². The molecule has 0 aliphatic carbocycles. The molecular weight excluding hydrogens is 324 g/mol. The van der Waals surface area contributed by atoms with Gasteiger partial charge in [0.1, 0.15) is 0 Å². The fraction of sp³-hybridized carbons (Fsp3) is 0.368. The molecule has 3 aromatic rings. The summed E-state index contributed by atoms with van der Waals surface area (Å²) in [4.78, 5) is 7.31. The molecule has 3 aromatic heterocycles. The number of hydrogen-bond acceptors (Lipinski definition) is 3. The lowest BCUT2D eigenvalue weighted by Crippen LogP contribution is -1.80. The molecule has 3 heteroatoms. The Morgan fingerprint density at radius 3 is 1.50 bits per heavy atom.